The number of nitrogens with zero attached hydrogens (tertiary/aromatic N) is 2. The van der Waals surface area contributed by atoms with Gasteiger partial charge in [0, 0.05) is 17.4 Å². The number of hydrogen-bond donors (Lipinski definition) is 3. The van der Waals surface area contributed by atoms with E-state index in [0.29, 0.717) is 10.9 Å². The quantitative estimate of drug-likeness (QED) is 0.545. The summed E-state index contributed by atoms with van der Waals surface area (Å²) in [6, 6.07) is 11.2. The van der Waals surface area contributed by atoms with Crippen LogP contribution in [0.3, 0.4) is 0 Å². The molecule has 3 N–H and O–H groups in total. The van der Waals surface area contributed by atoms with Crippen LogP contribution in [0.2, 0.25) is 0 Å². The number of halogens is 1. The molecule has 8 nitrogen and oxygen atoms in total. The van der Waals surface area contributed by atoms with E-state index in [1.807, 2.05) is 0 Å². The molecule has 138 valence electrons. The molecule has 1 heterocycles. The van der Waals surface area contributed by atoms with Gasteiger partial charge in [-0.15, -0.1) is 0 Å². The number of carbonyl (C=O) groups excluding carboxylic acids is 2. The summed E-state index contributed by atoms with van der Waals surface area (Å²) in [6.45, 7) is 0.104. The number of hydrazine groups is 1. The fraction of sp³-hybridized carbons (Fsp3) is 0.111. The smallest absolute Gasteiger partial charge is 0.273 e. The number of nitrogens with one attached hydrogen (secondary N) is 2. The number of aryl methyl sites for hydroxylation is 1. The van der Waals surface area contributed by atoms with E-state index in [9.17, 15) is 19.5 Å². The molecule has 0 radical (unpaired) electrons. The van der Waals surface area contributed by atoms with Gasteiger partial charge in [0.25, 0.3) is 11.5 Å². The molecule has 0 saturated heterocycles. The number of phenolic OH excluding ortho intramolecular Hbond substituents is 1. The Morgan fingerprint density at radius 2 is 1.93 bits per heavy atom. The third-order valence-electron chi connectivity index (χ3n) is 3.83. The maximum absolute atomic E-state index is 12.5. The van der Waals surface area contributed by atoms with E-state index < -0.39 is 11.8 Å². The second kappa shape index (κ2) is 8.00. The zero-order chi connectivity index (χ0) is 19.4. The Hall–Kier alpha value is -3.20. The Kier molecular flexibility index (Phi) is 5.51. The van der Waals surface area contributed by atoms with Crippen molar-refractivity contribution in [1.82, 2.24) is 20.4 Å². The van der Waals surface area contributed by atoms with Crippen LogP contribution >= 0.6 is 15.9 Å². The van der Waals surface area contributed by atoms with E-state index in [0.717, 1.165) is 4.47 Å². The third kappa shape index (κ3) is 4.32. The van der Waals surface area contributed by atoms with E-state index in [-0.39, 0.29) is 29.8 Å². The van der Waals surface area contributed by atoms with Crippen molar-refractivity contribution < 1.29 is 14.7 Å². The van der Waals surface area contributed by atoms with Crippen LogP contribution in [0.4, 0.5) is 0 Å². The van der Waals surface area contributed by atoms with E-state index in [1.54, 1.807) is 30.3 Å². The number of hydrogen-bond acceptors (Lipinski definition) is 5. The van der Waals surface area contributed by atoms with E-state index >= 15 is 0 Å². The van der Waals surface area contributed by atoms with Crippen LogP contribution in [0.5, 0.6) is 5.75 Å². The Labute approximate surface area is 161 Å². The molecule has 1 aromatic heterocycles. The lowest BCUT2D eigenvalue weighted by atomic mass is 10.2. The summed E-state index contributed by atoms with van der Waals surface area (Å²) in [5, 5.41) is 10.1. The van der Waals surface area contributed by atoms with E-state index in [1.165, 1.54) is 23.0 Å². The molecular formula is C18H15BrN4O4. The molecule has 0 saturated carbocycles. The van der Waals surface area contributed by atoms with Gasteiger partial charge < -0.3 is 5.11 Å². The van der Waals surface area contributed by atoms with Gasteiger partial charge in [-0.05, 0) is 30.3 Å². The van der Waals surface area contributed by atoms with Crippen molar-refractivity contribution in [2.24, 2.45) is 0 Å². The SMILES string of the molecule is O=C(CCn1cnc2ccc(Br)cc2c1=O)NNC(=O)c1ccccc1O. The zero-order valence-corrected chi connectivity index (χ0v) is 15.6. The first kappa shape index (κ1) is 18.6. The Bertz CT molecular complexity index is 1080. The van der Waals surface area contributed by atoms with Gasteiger partial charge >= 0.3 is 0 Å². The van der Waals surface area contributed by atoms with Crippen LogP contribution in [-0.2, 0) is 11.3 Å². The lowest BCUT2D eigenvalue weighted by molar-refractivity contribution is -0.122. The predicted octanol–water partition coefficient (Wildman–Crippen LogP) is 1.72. The van der Waals surface area contributed by atoms with Crippen LogP contribution in [0.1, 0.15) is 16.8 Å². The summed E-state index contributed by atoms with van der Waals surface area (Å²) in [6.07, 6.45) is 1.34. The minimum Gasteiger partial charge on any atom is -0.507 e. The van der Waals surface area contributed by atoms with Gasteiger partial charge in [-0.2, -0.15) is 0 Å². The number of para-hydroxylation sites is 1. The molecule has 9 heteroatoms. The summed E-state index contributed by atoms with van der Waals surface area (Å²) in [4.78, 5) is 40.5. The molecule has 0 aliphatic carbocycles. The number of rotatable bonds is 4. The predicted molar refractivity (Wildman–Crippen MR) is 102 cm³/mol. The zero-order valence-electron chi connectivity index (χ0n) is 14.0. The van der Waals surface area contributed by atoms with Crippen LogP contribution < -0.4 is 16.4 Å². The Morgan fingerprint density at radius 1 is 1.15 bits per heavy atom. The highest BCUT2D eigenvalue weighted by Crippen LogP contribution is 2.15. The largest absolute Gasteiger partial charge is 0.507 e. The van der Waals surface area contributed by atoms with Crippen molar-refractivity contribution in [2.45, 2.75) is 13.0 Å². The molecule has 3 rings (SSSR count). The van der Waals surface area contributed by atoms with Crippen molar-refractivity contribution in [3.63, 3.8) is 0 Å². The summed E-state index contributed by atoms with van der Waals surface area (Å²) >= 11 is 3.31. The molecule has 2 aromatic carbocycles. The van der Waals surface area contributed by atoms with Gasteiger partial charge in [-0.1, -0.05) is 28.1 Å². The molecule has 0 aliphatic rings. The molecule has 0 fully saturated rings. The van der Waals surface area contributed by atoms with Gasteiger partial charge in [0.05, 0.1) is 22.8 Å². The summed E-state index contributed by atoms with van der Waals surface area (Å²) in [7, 11) is 0. The minimum atomic E-state index is -0.643. The first-order valence-electron chi connectivity index (χ1n) is 7.97. The minimum absolute atomic E-state index is 0.0395. The number of fused-ring (bicyclic) bond motifs is 1. The number of benzene rings is 2. The topological polar surface area (TPSA) is 113 Å². The molecule has 0 bridgehead atoms. The maximum Gasteiger partial charge on any atom is 0.273 e. The number of aromatic hydroxyl groups is 1. The van der Waals surface area contributed by atoms with Crippen molar-refractivity contribution in [3.05, 3.63) is 69.2 Å². The molecule has 0 aliphatic heterocycles. The third-order valence-corrected chi connectivity index (χ3v) is 4.32. The molecule has 0 atom stereocenters. The lowest BCUT2D eigenvalue weighted by Crippen LogP contribution is -2.42. The second-order valence-electron chi connectivity index (χ2n) is 5.67. The summed E-state index contributed by atoms with van der Waals surface area (Å²) in [5.74, 6) is -1.32. The molecule has 27 heavy (non-hydrogen) atoms. The van der Waals surface area contributed by atoms with E-state index in [2.05, 4.69) is 31.8 Å². The first-order valence-corrected chi connectivity index (χ1v) is 8.77. The van der Waals surface area contributed by atoms with Gasteiger partial charge in [0.15, 0.2) is 0 Å². The van der Waals surface area contributed by atoms with Crippen LogP contribution in [0.15, 0.2) is 58.1 Å². The van der Waals surface area contributed by atoms with E-state index in [4.69, 9.17) is 0 Å². The summed E-state index contributed by atoms with van der Waals surface area (Å²) < 4.78 is 2.09. The highest BCUT2D eigenvalue weighted by Gasteiger charge is 2.12. The average molecular weight is 431 g/mol. The van der Waals surface area contributed by atoms with Crippen LogP contribution in [-0.4, -0.2) is 26.5 Å². The monoisotopic (exact) mass is 430 g/mol. The standard InChI is InChI=1S/C18H15BrN4O4/c19-11-5-6-14-13(9-11)18(27)23(10-20-14)8-7-16(25)21-22-17(26)12-3-1-2-4-15(12)24/h1-6,9-10,24H,7-8H2,(H,21,25)(H,22,26). The highest BCUT2D eigenvalue weighted by atomic mass is 79.9. The van der Waals surface area contributed by atoms with Gasteiger partial charge in [-0.3, -0.25) is 29.8 Å². The second-order valence-corrected chi connectivity index (χ2v) is 6.59. The fourth-order valence-electron chi connectivity index (χ4n) is 2.43. The summed E-state index contributed by atoms with van der Waals surface area (Å²) in [5.41, 5.74) is 4.82. The van der Waals surface area contributed by atoms with Gasteiger partial charge in [0.1, 0.15) is 5.75 Å². The maximum atomic E-state index is 12.5. The van der Waals surface area contributed by atoms with Gasteiger partial charge in [-0.25, -0.2) is 4.98 Å². The molecular weight excluding hydrogens is 416 g/mol. The highest BCUT2D eigenvalue weighted by molar-refractivity contribution is 9.10. The first-order chi connectivity index (χ1) is 13.0. The van der Waals surface area contributed by atoms with Gasteiger partial charge in [0.2, 0.25) is 5.91 Å². The van der Waals surface area contributed by atoms with Crippen molar-refractivity contribution in [3.8, 4) is 5.75 Å². The Morgan fingerprint density at radius 3 is 2.70 bits per heavy atom. The lowest BCUT2D eigenvalue weighted by Gasteiger charge is -2.09. The van der Waals surface area contributed by atoms with Crippen molar-refractivity contribution in [2.75, 3.05) is 0 Å². The molecule has 0 spiro atoms. The fourth-order valence-corrected chi connectivity index (χ4v) is 2.80. The molecule has 3 aromatic rings. The number of amides is 2. The van der Waals surface area contributed by atoms with Crippen molar-refractivity contribution in [1.29, 1.82) is 0 Å². The average Bonchev–Trinajstić information content (AvgIpc) is 2.66. The molecule has 2 amide bonds. The van der Waals surface area contributed by atoms with Crippen LogP contribution in [0.25, 0.3) is 10.9 Å². The number of aromatic nitrogens is 2. The Balaban J connectivity index is 1.60. The normalized spacial score (nSPS) is 10.6. The van der Waals surface area contributed by atoms with Crippen molar-refractivity contribution >= 4 is 38.6 Å². The number of phenols is 1. The number of carbonyl (C=O) groups is 2. The molecule has 0 unspecified atom stereocenters. The van der Waals surface area contributed by atoms with Crippen LogP contribution in [0, 0.1) is 0 Å².